The van der Waals surface area contributed by atoms with Gasteiger partial charge in [0, 0.05) is 0 Å². The lowest BCUT2D eigenvalue weighted by atomic mass is 9.80. The van der Waals surface area contributed by atoms with Gasteiger partial charge >= 0.3 is 0 Å². The van der Waals surface area contributed by atoms with Crippen molar-refractivity contribution in [3.63, 3.8) is 0 Å². The normalized spacial score (nSPS) is 12.8. The van der Waals surface area contributed by atoms with Crippen molar-refractivity contribution >= 4 is 0 Å². The van der Waals surface area contributed by atoms with Crippen LogP contribution in [0, 0.1) is 12.3 Å². The molecule has 0 radical (unpaired) electrons. The van der Waals surface area contributed by atoms with Gasteiger partial charge in [-0.1, -0.05) is 87.4 Å². The highest BCUT2D eigenvalue weighted by Crippen LogP contribution is 2.30. The van der Waals surface area contributed by atoms with E-state index in [1.807, 2.05) is 0 Å². The van der Waals surface area contributed by atoms with Crippen LogP contribution in [-0.2, 0) is 10.8 Å². The minimum atomic E-state index is 0.250. The molecule has 0 saturated heterocycles. The third kappa shape index (κ3) is 7.72. The van der Waals surface area contributed by atoms with Gasteiger partial charge in [-0.3, -0.25) is 0 Å². The summed E-state index contributed by atoms with van der Waals surface area (Å²) in [5.41, 5.74) is 5.29. The molecule has 0 aromatic heterocycles. The Morgan fingerprint density at radius 2 is 1.05 bits per heavy atom. The summed E-state index contributed by atoms with van der Waals surface area (Å²) >= 11 is 0. The highest BCUT2D eigenvalue weighted by Gasteiger charge is 2.19. The van der Waals surface area contributed by atoms with Gasteiger partial charge < -0.3 is 0 Å². The van der Waals surface area contributed by atoms with Crippen LogP contribution >= 0.6 is 0 Å². The van der Waals surface area contributed by atoms with Crippen molar-refractivity contribution < 1.29 is 0 Å². The number of hydrogen-bond acceptors (Lipinski definition) is 0. The SMILES string of the molecule is CC(C)(C)C.Cc1cc(C(C)(C)C)ccc1C(C)(C)C. The molecule has 0 heteroatoms. The van der Waals surface area contributed by atoms with Crippen molar-refractivity contribution in [1.29, 1.82) is 0 Å². The van der Waals surface area contributed by atoms with Crippen molar-refractivity contribution in [2.45, 2.75) is 87.0 Å². The second-order valence-corrected chi connectivity index (χ2v) is 9.53. The molecule has 0 spiro atoms. The van der Waals surface area contributed by atoms with Crippen molar-refractivity contribution in [2.75, 3.05) is 0 Å². The standard InChI is InChI=1S/C15H24.C5H12/c1-11-10-12(14(2,3)4)8-9-13(11)15(5,6)7;1-5(2,3)4/h8-10H,1-7H3;1-4H3. The first-order valence-corrected chi connectivity index (χ1v) is 7.74. The molecule has 0 aliphatic heterocycles. The zero-order valence-corrected chi connectivity index (χ0v) is 15.7. The van der Waals surface area contributed by atoms with Gasteiger partial charge in [0.2, 0.25) is 0 Å². The summed E-state index contributed by atoms with van der Waals surface area (Å²) in [6.45, 7) is 24.6. The van der Waals surface area contributed by atoms with Crippen molar-refractivity contribution in [2.24, 2.45) is 5.41 Å². The van der Waals surface area contributed by atoms with Gasteiger partial charge in [-0.25, -0.2) is 0 Å². The maximum Gasteiger partial charge on any atom is -0.0129 e. The van der Waals surface area contributed by atoms with E-state index in [9.17, 15) is 0 Å². The minimum Gasteiger partial charge on any atom is -0.0604 e. The Morgan fingerprint density at radius 3 is 1.30 bits per heavy atom. The van der Waals surface area contributed by atoms with Crippen LogP contribution in [0.15, 0.2) is 18.2 Å². The van der Waals surface area contributed by atoms with E-state index in [4.69, 9.17) is 0 Å². The molecule has 116 valence electrons. The molecule has 0 saturated carbocycles. The van der Waals surface area contributed by atoms with Crippen LogP contribution in [0.5, 0.6) is 0 Å². The Labute approximate surface area is 128 Å². The lowest BCUT2D eigenvalue weighted by molar-refractivity contribution is 0.469. The maximum atomic E-state index is 2.33. The van der Waals surface area contributed by atoms with Gasteiger partial charge in [-0.2, -0.15) is 0 Å². The summed E-state index contributed by atoms with van der Waals surface area (Å²) in [7, 11) is 0. The minimum absolute atomic E-state index is 0.250. The van der Waals surface area contributed by atoms with Crippen LogP contribution in [0.1, 0.15) is 85.9 Å². The molecule has 0 amide bonds. The van der Waals surface area contributed by atoms with E-state index in [1.165, 1.54) is 16.7 Å². The highest BCUT2D eigenvalue weighted by atomic mass is 14.2. The summed E-state index contributed by atoms with van der Waals surface area (Å²) in [4.78, 5) is 0. The van der Waals surface area contributed by atoms with Crippen molar-refractivity contribution in [3.8, 4) is 0 Å². The molecule has 1 aromatic rings. The third-order valence-electron chi connectivity index (χ3n) is 2.90. The van der Waals surface area contributed by atoms with Crippen LogP contribution in [0.2, 0.25) is 0 Å². The fourth-order valence-corrected chi connectivity index (χ4v) is 1.97. The second-order valence-electron chi connectivity index (χ2n) is 9.53. The number of rotatable bonds is 0. The summed E-state index contributed by atoms with van der Waals surface area (Å²) in [5, 5.41) is 0. The molecule has 0 fully saturated rings. The smallest absolute Gasteiger partial charge is 0.0129 e. The van der Waals surface area contributed by atoms with E-state index in [0.717, 1.165) is 0 Å². The molecule has 0 atom stereocenters. The van der Waals surface area contributed by atoms with Gasteiger partial charge in [-0.15, -0.1) is 0 Å². The van der Waals surface area contributed by atoms with E-state index in [2.05, 4.69) is 94.4 Å². The van der Waals surface area contributed by atoms with Crippen molar-refractivity contribution in [1.82, 2.24) is 0 Å². The van der Waals surface area contributed by atoms with Crippen molar-refractivity contribution in [3.05, 3.63) is 34.9 Å². The monoisotopic (exact) mass is 276 g/mol. The Balaban J connectivity index is 0.000000621. The van der Waals surface area contributed by atoms with E-state index in [-0.39, 0.29) is 10.8 Å². The average molecular weight is 277 g/mol. The Kier molecular flexibility index (Phi) is 6.08. The number of benzene rings is 1. The van der Waals surface area contributed by atoms with Gasteiger partial charge in [0.05, 0.1) is 0 Å². The molecule has 0 bridgehead atoms. The fraction of sp³-hybridized carbons (Fsp3) is 0.700. The number of hydrogen-bond donors (Lipinski definition) is 0. The molecule has 0 aliphatic rings. The zero-order valence-electron chi connectivity index (χ0n) is 15.7. The fourth-order valence-electron chi connectivity index (χ4n) is 1.97. The molecule has 0 heterocycles. The maximum absolute atomic E-state index is 2.33. The number of aryl methyl sites for hydroxylation is 1. The Morgan fingerprint density at radius 1 is 0.650 bits per heavy atom. The molecule has 0 aliphatic carbocycles. The lowest BCUT2D eigenvalue weighted by Gasteiger charge is -2.25. The first-order valence-electron chi connectivity index (χ1n) is 7.74. The second kappa shape index (κ2) is 6.33. The summed E-state index contributed by atoms with van der Waals surface area (Å²) in [6.07, 6.45) is 0. The first kappa shape index (κ1) is 19.2. The summed E-state index contributed by atoms with van der Waals surface area (Å²) in [5.74, 6) is 0. The highest BCUT2D eigenvalue weighted by molar-refractivity contribution is 5.37. The van der Waals surface area contributed by atoms with Gasteiger partial charge in [0.1, 0.15) is 0 Å². The summed E-state index contributed by atoms with van der Waals surface area (Å²) < 4.78 is 0. The molecule has 1 aromatic carbocycles. The van der Waals surface area contributed by atoms with E-state index in [1.54, 1.807) is 0 Å². The van der Waals surface area contributed by atoms with Crippen LogP contribution in [-0.4, -0.2) is 0 Å². The first-order chi connectivity index (χ1) is 8.62. The largest absolute Gasteiger partial charge is 0.0604 e. The van der Waals surface area contributed by atoms with Crippen LogP contribution in [0.25, 0.3) is 0 Å². The molecular formula is C20H36. The Hall–Kier alpha value is -0.780. The van der Waals surface area contributed by atoms with Gasteiger partial charge in [0.25, 0.3) is 0 Å². The predicted octanol–water partition coefficient (Wildman–Crippen LogP) is 6.64. The van der Waals surface area contributed by atoms with E-state index in [0.29, 0.717) is 5.41 Å². The molecule has 0 N–H and O–H groups in total. The molecular weight excluding hydrogens is 240 g/mol. The van der Waals surface area contributed by atoms with Crippen LogP contribution in [0.4, 0.5) is 0 Å². The zero-order chi connectivity index (χ0) is 16.4. The molecule has 0 nitrogen and oxygen atoms in total. The van der Waals surface area contributed by atoms with E-state index < -0.39 is 0 Å². The lowest BCUT2D eigenvalue weighted by Crippen LogP contribution is -2.16. The van der Waals surface area contributed by atoms with Gasteiger partial charge in [-0.05, 0) is 39.9 Å². The van der Waals surface area contributed by atoms with Gasteiger partial charge in [0.15, 0.2) is 0 Å². The third-order valence-corrected chi connectivity index (χ3v) is 2.90. The molecule has 1 rings (SSSR count). The summed E-state index contributed by atoms with van der Waals surface area (Å²) in [6, 6.07) is 6.89. The van der Waals surface area contributed by atoms with Crippen LogP contribution < -0.4 is 0 Å². The molecule has 0 unspecified atom stereocenters. The van der Waals surface area contributed by atoms with Crippen LogP contribution in [0.3, 0.4) is 0 Å². The Bertz CT molecular complexity index is 411. The molecule has 20 heavy (non-hydrogen) atoms. The average Bonchev–Trinajstić information content (AvgIpc) is 2.10. The topological polar surface area (TPSA) is 0 Å². The van der Waals surface area contributed by atoms with E-state index >= 15 is 0 Å². The quantitative estimate of drug-likeness (QED) is 0.498. The predicted molar refractivity (Wildman–Crippen MR) is 93.7 cm³/mol.